The van der Waals surface area contributed by atoms with E-state index in [1.54, 1.807) is 0 Å². The van der Waals surface area contributed by atoms with Crippen LogP contribution in [0.15, 0.2) is 12.3 Å². The van der Waals surface area contributed by atoms with Crippen LogP contribution in [0.5, 0.6) is 0 Å². The first-order valence-electron chi connectivity index (χ1n) is 4.64. The zero-order valence-electron chi connectivity index (χ0n) is 8.14. The highest BCUT2D eigenvalue weighted by Crippen LogP contribution is 2.21. The van der Waals surface area contributed by atoms with Gasteiger partial charge >= 0.3 is 0 Å². The van der Waals surface area contributed by atoms with Gasteiger partial charge in [0.05, 0.1) is 5.60 Å². The lowest BCUT2D eigenvalue weighted by molar-refractivity contribution is 0.0737. The average Bonchev–Trinajstić information content (AvgIpc) is 2.32. The summed E-state index contributed by atoms with van der Waals surface area (Å²) < 4.78 is 0. The normalized spacial score (nSPS) is 18.4. The van der Waals surface area contributed by atoms with Crippen molar-refractivity contribution in [2.24, 2.45) is 0 Å². The molecule has 70 valence electrons. The van der Waals surface area contributed by atoms with E-state index in [0.717, 1.165) is 18.8 Å². The number of rotatable bonds is 3. The smallest absolute Gasteiger partial charge is 0.0645 e. The number of hydrogen-bond acceptors (Lipinski definition) is 2. The number of hydrogen-bond donors (Lipinski definition) is 1. The molecule has 1 fully saturated rings. The summed E-state index contributed by atoms with van der Waals surface area (Å²) in [6.45, 7) is 9.88. The maximum atomic E-state index is 9.56. The van der Waals surface area contributed by atoms with Crippen molar-refractivity contribution >= 4 is 0 Å². The van der Waals surface area contributed by atoms with Gasteiger partial charge in [-0.2, -0.15) is 0 Å². The van der Waals surface area contributed by atoms with Crippen LogP contribution in [-0.4, -0.2) is 28.7 Å². The predicted molar refractivity (Wildman–Crippen MR) is 50.9 cm³/mol. The Morgan fingerprint density at radius 3 is 2.33 bits per heavy atom. The first kappa shape index (κ1) is 9.59. The quantitative estimate of drug-likeness (QED) is 0.696. The Morgan fingerprint density at radius 2 is 1.92 bits per heavy atom. The topological polar surface area (TPSA) is 23.5 Å². The van der Waals surface area contributed by atoms with E-state index in [0.29, 0.717) is 6.42 Å². The Morgan fingerprint density at radius 1 is 1.42 bits per heavy atom. The van der Waals surface area contributed by atoms with E-state index in [1.165, 1.54) is 12.8 Å². The summed E-state index contributed by atoms with van der Waals surface area (Å²) in [6.07, 6.45) is 3.22. The lowest BCUT2D eigenvalue weighted by atomic mass is 10.0. The SMILES string of the molecule is C=C(CC(C)(C)O)N1CCCC1. The van der Waals surface area contributed by atoms with Crippen molar-refractivity contribution in [1.29, 1.82) is 0 Å². The summed E-state index contributed by atoms with van der Waals surface area (Å²) in [5.41, 5.74) is 0.472. The summed E-state index contributed by atoms with van der Waals surface area (Å²) >= 11 is 0. The Kier molecular flexibility index (Phi) is 2.78. The Hall–Kier alpha value is -0.500. The Bertz CT molecular complexity index is 163. The first-order chi connectivity index (χ1) is 5.49. The van der Waals surface area contributed by atoms with Crippen LogP contribution >= 0.6 is 0 Å². The third-order valence-corrected chi connectivity index (χ3v) is 2.19. The molecular weight excluding hydrogens is 150 g/mol. The van der Waals surface area contributed by atoms with E-state index >= 15 is 0 Å². The molecule has 1 aliphatic heterocycles. The molecule has 0 bridgehead atoms. The molecule has 1 N–H and O–H groups in total. The molecule has 0 saturated carbocycles. The largest absolute Gasteiger partial charge is 0.390 e. The summed E-state index contributed by atoms with van der Waals surface area (Å²) in [7, 11) is 0. The number of aliphatic hydroxyl groups is 1. The molecule has 0 spiro atoms. The fourth-order valence-electron chi connectivity index (χ4n) is 1.64. The van der Waals surface area contributed by atoms with Gasteiger partial charge in [0.1, 0.15) is 0 Å². The van der Waals surface area contributed by atoms with E-state index in [9.17, 15) is 5.11 Å². The van der Waals surface area contributed by atoms with Crippen LogP contribution in [0.1, 0.15) is 33.1 Å². The third-order valence-electron chi connectivity index (χ3n) is 2.19. The Labute approximate surface area is 74.9 Å². The van der Waals surface area contributed by atoms with Crippen LogP contribution in [0.4, 0.5) is 0 Å². The van der Waals surface area contributed by atoms with Gasteiger partial charge in [0.2, 0.25) is 0 Å². The molecule has 1 heterocycles. The van der Waals surface area contributed by atoms with E-state index < -0.39 is 5.60 Å². The highest BCUT2D eigenvalue weighted by Gasteiger charge is 2.19. The van der Waals surface area contributed by atoms with Crippen LogP contribution in [0.2, 0.25) is 0 Å². The van der Waals surface area contributed by atoms with Gasteiger partial charge in [-0.25, -0.2) is 0 Å². The molecule has 0 aromatic carbocycles. The molecule has 0 atom stereocenters. The summed E-state index contributed by atoms with van der Waals surface area (Å²) in [5.74, 6) is 0. The zero-order valence-corrected chi connectivity index (χ0v) is 8.14. The van der Waals surface area contributed by atoms with Crippen molar-refractivity contribution in [3.05, 3.63) is 12.3 Å². The van der Waals surface area contributed by atoms with Crippen LogP contribution in [0, 0.1) is 0 Å². The second-order valence-corrected chi connectivity index (χ2v) is 4.25. The minimum Gasteiger partial charge on any atom is -0.390 e. The molecule has 0 aromatic rings. The van der Waals surface area contributed by atoms with Crippen molar-refractivity contribution in [3.8, 4) is 0 Å². The molecule has 1 rings (SSSR count). The predicted octanol–water partition coefficient (Wildman–Crippen LogP) is 1.76. The fraction of sp³-hybridized carbons (Fsp3) is 0.800. The fourth-order valence-corrected chi connectivity index (χ4v) is 1.64. The molecular formula is C10H19NO. The molecule has 0 amide bonds. The monoisotopic (exact) mass is 169 g/mol. The molecule has 2 heteroatoms. The highest BCUT2D eigenvalue weighted by atomic mass is 16.3. The van der Waals surface area contributed by atoms with Gasteiger partial charge in [-0.05, 0) is 26.7 Å². The van der Waals surface area contributed by atoms with Crippen molar-refractivity contribution < 1.29 is 5.11 Å². The van der Waals surface area contributed by atoms with Gasteiger partial charge in [0.25, 0.3) is 0 Å². The van der Waals surface area contributed by atoms with Gasteiger partial charge in [0, 0.05) is 25.2 Å². The van der Waals surface area contributed by atoms with Crippen molar-refractivity contribution in [3.63, 3.8) is 0 Å². The van der Waals surface area contributed by atoms with Gasteiger partial charge < -0.3 is 10.0 Å². The minimum absolute atomic E-state index is 0.611. The number of likely N-dealkylation sites (tertiary alicyclic amines) is 1. The van der Waals surface area contributed by atoms with Gasteiger partial charge in [-0.15, -0.1) is 0 Å². The third kappa shape index (κ3) is 2.86. The maximum absolute atomic E-state index is 9.56. The Balaban J connectivity index is 2.37. The van der Waals surface area contributed by atoms with Crippen molar-refractivity contribution in [2.45, 2.75) is 38.7 Å². The van der Waals surface area contributed by atoms with Gasteiger partial charge in [0.15, 0.2) is 0 Å². The van der Waals surface area contributed by atoms with Crippen LogP contribution in [0.25, 0.3) is 0 Å². The van der Waals surface area contributed by atoms with E-state index in [1.807, 2.05) is 13.8 Å². The molecule has 1 saturated heterocycles. The molecule has 0 unspecified atom stereocenters. The summed E-state index contributed by atoms with van der Waals surface area (Å²) in [4.78, 5) is 2.28. The first-order valence-corrected chi connectivity index (χ1v) is 4.64. The van der Waals surface area contributed by atoms with Gasteiger partial charge in [-0.3, -0.25) is 0 Å². The molecule has 12 heavy (non-hydrogen) atoms. The second-order valence-electron chi connectivity index (χ2n) is 4.25. The average molecular weight is 169 g/mol. The van der Waals surface area contributed by atoms with Crippen molar-refractivity contribution in [2.75, 3.05) is 13.1 Å². The van der Waals surface area contributed by atoms with Crippen LogP contribution in [-0.2, 0) is 0 Å². The highest BCUT2D eigenvalue weighted by molar-refractivity contribution is 4.99. The standard InChI is InChI=1S/C10H19NO/c1-9(8-10(2,3)12)11-6-4-5-7-11/h12H,1,4-8H2,2-3H3. The van der Waals surface area contributed by atoms with Crippen LogP contribution < -0.4 is 0 Å². The molecule has 0 aliphatic carbocycles. The summed E-state index contributed by atoms with van der Waals surface area (Å²) in [5, 5.41) is 9.56. The maximum Gasteiger partial charge on any atom is 0.0645 e. The summed E-state index contributed by atoms with van der Waals surface area (Å²) in [6, 6.07) is 0. The molecule has 0 radical (unpaired) electrons. The molecule has 0 aromatic heterocycles. The zero-order chi connectivity index (χ0) is 9.19. The second kappa shape index (κ2) is 3.48. The number of nitrogens with zero attached hydrogens (tertiary/aromatic N) is 1. The van der Waals surface area contributed by atoms with Crippen molar-refractivity contribution in [1.82, 2.24) is 4.90 Å². The molecule has 2 nitrogen and oxygen atoms in total. The van der Waals surface area contributed by atoms with Gasteiger partial charge in [-0.1, -0.05) is 6.58 Å². The molecule has 1 aliphatic rings. The lowest BCUT2D eigenvalue weighted by Crippen LogP contribution is -2.26. The van der Waals surface area contributed by atoms with E-state index in [4.69, 9.17) is 0 Å². The lowest BCUT2D eigenvalue weighted by Gasteiger charge is -2.26. The minimum atomic E-state index is -0.611. The van der Waals surface area contributed by atoms with E-state index in [2.05, 4.69) is 11.5 Å². The van der Waals surface area contributed by atoms with Crippen LogP contribution in [0.3, 0.4) is 0 Å². The van der Waals surface area contributed by atoms with E-state index in [-0.39, 0.29) is 0 Å².